The fourth-order valence-electron chi connectivity index (χ4n) is 6.35. The van der Waals surface area contributed by atoms with Gasteiger partial charge in [-0.1, -0.05) is 35.0 Å². The number of carbonyl (C=O) groups excluding carboxylic acids is 1. The Labute approximate surface area is 239 Å². The second kappa shape index (κ2) is 13.0. The molecular formula is C29H40BrN5O4. The molecule has 5 rings (SSSR count). The van der Waals surface area contributed by atoms with E-state index in [0.717, 1.165) is 53.2 Å². The van der Waals surface area contributed by atoms with Gasteiger partial charge in [0.15, 0.2) is 0 Å². The van der Waals surface area contributed by atoms with E-state index in [9.17, 15) is 15.0 Å². The summed E-state index contributed by atoms with van der Waals surface area (Å²) in [5, 5.41) is 23.9. The number of hydrogen-bond acceptors (Lipinski definition) is 8. The Morgan fingerprint density at radius 1 is 1.15 bits per heavy atom. The minimum atomic E-state index is -0.531. The lowest BCUT2D eigenvalue weighted by atomic mass is 9.91. The van der Waals surface area contributed by atoms with Gasteiger partial charge in [0.1, 0.15) is 12.1 Å². The third kappa shape index (κ3) is 6.46. The Balaban J connectivity index is 1.24. The molecule has 1 amide bonds. The predicted molar refractivity (Wildman–Crippen MR) is 153 cm³/mol. The van der Waals surface area contributed by atoms with Gasteiger partial charge in [-0.2, -0.15) is 0 Å². The van der Waals surface area contributed by atoms with E-state index in [4.69, 9.17) is 4.74 Å². The van der Waals surface area contributed by atoms with Crippen LogP contribution in [-0.2, 0) is 9.53 Å². The van der Waals surface area contributed by atoms with Crippen LogP contribution in [0.5, 0.6) is 0 Å². The second-order valence-corrected chi connectivity index (χ2v) is 12.0. The Kier molecular flexibility index (Phi) is 9.50. The summed E-state index contributed by atoms with van der Waals surface area (Å²) in [4.78, 5) is 27.0. The molecule has 2 aromatic rings. The van der Waals surface area contributed by atoms with Crippen LogP contribution in [0.2, 0.25) is 0 Å². The molecule has 2 saturated heterocycles. The van der Waals surface area contributed by atoms with E-state index in [0.29, 0.717) is 51.5 Å². The first kappa shape index (κ1) is 28.4. The van der Waals surface area contributed by atoms with E-state index >= 15 is 0 Å². The molecular weight excluding hydrogens is 562 g/mol. The van der Waals surface area contributed by atoms with Gasteiger partial charge >= 0.3 is 0 Å². The fraction of sp³-hybridized carbons (Fsp3) is 0.621. The fourth-order valence-corrected chi connectivity index (χ4v) is 6.62. The third-order valence-electron chi connectivity index (χ3n) is 8.61. The van der Waals surface area contributed by atoms with Crippen molar-refractivity contribution in [1.82, 2.24) is 20.2 Å². The summed E-state index contributed by atoms with van der Waals surface area (Å²) in [6.07, 6.45) is 4.25. The molecule has 10 heteroatoms. The minimum Gasteiger partial charge on any atom is -0.395 e. The van der Waals surface area contributed by atoms with Crippen molar-refractivity contribution in [2.45, 2.75) is 56.6 Å². The average Bonchev–Trinajstić information content (AvgIpc) is 3.27. The number of ether oxygens (including phenoxy) is 1. The van der Waals surface area contributed by atoms with Crippen molar-refractivity contribution in [2.24, 2.45) is 5.92 Å². The molecule has 0 saturated carbocycles. The highest BCUT2D eigenvalue weighted by Crippen LogP contribution is 2.42. The first-order valence-electron chi connectivity index (χ1n) is 14.2. The van der Waals surface area contributed by atoms with Gasteiger partial charge in [-0.25, -0.2) is 9.97 Å². The van der Waals surface area contributed by atoms with Crippen molar-refractivity contribution in [3.8, 4) is 0 Å². The van der Waals surface area contributed by atoms with Crippen LogP contribution in [0, 0.1) is 5.92 Å². The van der Waals surface area contributed by atoms with Crippen molar-refractivity contribution in [2.75, 3.05) is 57.4 Å². The van der Waals surface area contributed by atoms with Crippen molar-refractivity contribution >= 4 is 27.7 Å². The van der Waals surface area contributed by atoms with Crippen molar-refractivity contribution in [3.05, 3.63) is 51.9 Å². The Hall–Kier alpha value is -2.11. The summed E-state index contributed by atoms with van der Waals surface area (Å²) in [6.45, 7) is 6.97. The number of rotatable bonds is 9. The zero-order valence-corrected chi connectivity index (χ0v) is 24.2. The molecule has 0 radical (unpaired) electrons. The molecule has 3 N–H and O–H groups in total. The molecule has 0 spiro atoms. The molecule has 212 valence electrons. The number of nitrogens with zero attached hydrogens (tertiary/aromatic N) is 4. The molecule has 2 aliphatic heterocycles. The number of aliphatic hydroxyl groups excluding tert-OH is 2. The Morgan fingerprint density at radius 3 is 2.56 bits per heavy atom. The van der Waals surface area contributed by atoms with Crippen molar-refractivity contribution < 1.29 is 19.7 Å². The zero-order chi connectivity index (χ0) is 27.4. The van der Waals surface area contributed by atoms with E-state index < -0.39 is 6.10 Å². The number of piperazine rings is 1. The van der Waals surface area contributed by atoms with Gasteiger partial charge in [0.2, 0.25) is 5.91 Å². The summed E-state index contributed by atoms with van der Waals surface area (Å²) in [6, 6.07) is 8.06. The van der Waals surface area contributed by atoms with Crippen LogP contribution in [0.15, 0.2) is 35.1 Å². The average molecular weight is 603 g/mol. The molecule has 1 aliphatic carbocycles. The molecule has 2 fully saturated rings. The SMILES string of the molecule is C[C@@H]1C[C@@H](O)c2ncnc(N3CCN(C(=O)[C@H](CCNC(CO)C4CCOCC4)c4ccc(Br)cc4)CC3)c21. The molecule has 1 aromatic heterocycles. The number of aromatic nitrogens is 2. The number of fused-ring (bicyclic) bond motifs is 1. The maximum absolute atomic E-state index is 13.9. The first-order valence-corrected chi connectivity index (χ1v) is 15.0. The third-order valence-corrected chi connectivity index (χ3v) is 9.14. The number of hydrogen-bond donors (Lipinski definition) is 3. The van der Waals surface area contributed by atoms with E-state index in [-0.39, 0.29) is 30.4 Å². The number of halogens is 1. The number of nitrogens with one attached hydrogen (secondary N) is 1. The maximum atomic E-state index is 13.9. The summed E-state index contributed by atoms with van der Waals surface area (Å²) in [5.41, 5.74) is 2.80. The summed E-state index contributed by atoms with van der Waals surface area (Å²) < 4.78 is 6.47. The summed E-state index contributed by atoms with van der Waals surface area (Å²) in [5.74, 6) is 1.38. The molecule has 1 aromatic carbocycles. The lowest BCUT2D eigenvalue weighted by Gasteiger charge is -2.38. The van der Waals surface area contributed by atoms with Crippen molar-refractivity contribution in [1.29, 1.82) is 0 Å². The molecule has 9 nitrogen and oxygen atoms in total. The lowest BCUT2D eigenvalue weighted by molar-refractivity contribution is -0.133. The van der Waals surface area contributed by atoms with E-state index in [1.807, 2.05) is 29.2 Å². The highest BCUT2D eigenvalue weighted by molar-refractivity contribution is 9.10. The molecule has 4 atom stereocenters. The van der Waals surface area contributed by atoms with Crippen LogP contribution >= 0.6 is 15.9 Å². The maximum Gasteiger partial charge on any atom is 0.230 e. The van der Waals surface area contributed by atoms with Crippen LogP contribution < -0.4 is 10.2 Å². The Bertz CT molecular complexity index is 1110. The van der Waals surface area contributed by atoms with Gasteiger partial charge in [0.05, 0.1) is 24.3 Å². The van der Waals surface area contributed by atoms with Crippen LogP contribution in [-0.4, -0.2) is 89.6 Å². The number of aliphatic hydroxyl groups is 2. The van der Waals surface area contributed by atoms with Gasteiger partial charge < -0.3 is 30.1 Å². The van der Waals surface area contributed by atoms with Crippen LogP contribution in [0.1, 0.15) is 67.4 Å². The monoisotopic (exact) mass is 601 g/mol. The molecule has 1 unspecified atom stereocenters. The summed E-state index contributed by atoms with van der Waals surface area (Å²) in [7, 11) is 0. The van der Waals surface area contributed by atoms with Crippen molar-refractivity contribution in [3.63, 3.8) is 0 Å². The number of benzene rings is 1. The molecule has 0 bridgehead atoms. The quantitative estimate of drug-likeness (QED) is 0.402. The molecule has 3 aliphatic rings. The highest BCUT2D eigenvalue weighted by atomic mass is 79.9. The van der Waals surface area contributed by atoms with Gasteiger partial charge in [-0.05, 0) is 61.8 Å². The number of carbonyl (C=O) groups is 1. The standard InChI is InChI=1S/C29H40BrN5O4/c1-19-16-25(37)27-26(19)28(33-18-32-27)34-10-12-35(13-11-34)29(38)23(20-2-4-22(30)5-3-20)6-9-31-24(17-36)21-7-14-39-15-8-21/h2-5,18-19,21,23-25,31,36-37H,6-17H2,1H3/t19-,23-,24?,25-/m1/s1. The largest absolute Gasteiger partial charge is 0.395 e. The smallest absolute Gasteiger partial charge is 0.230 e. The Morgan fingerprint density at radius 2 is 1.87 bits per heavy atom. The van der Waals surface area contributed by atoms with E-state index in [1.165, 1.54) is 0 Å². The molecule has 39 heavy (non-hydrogen) atoms. The molecule has 3 heterocycles. The van der Waals surface area contributed by atoms with E-state index in [2.05, 4.69) is 43.0 Å². The minimum absolute atomic E-state index is 0.0219. The number of anilines is 1. The van der Waals surface area contributed by atoms with Gasteiger partial charge in [-0.3, -0.25) is 4.79 Å². The topological polar surface area (TPSA) is 111 Å². The zero-order valence-electron chi connectivity index (χ0n) is 22.6. The summed E-state index contributed by atoms with van der Waals surface area (Å²) >= 11 is 3.51. The van der Waals surface area contributed by atoms with Gasteiger partial charge in [0, 0.05) is 55.5 Å². The first-order chi connectivity index (χ1) is 19.0. The normalized spacial score (nSPS) is 23.5. The lowest BCUT2D eigenvalue weighted by Crippen LogP contribution is -2.51. The van der Waals surface area contributed by atoms with Crippen LogP contribution in [0.3, 0.4) is 0 Å². The predicted octanol–water partition coefficient (Wildman–Crippen LogP) is 2.98. The van der Waals surface area contributed by atoms with Crippen LogP contribution in [0.25, 0.3) is 0 Å². The van der Waals surface area contributed by atoms with Crippen LogP contribution in [0.4, 0.5) is 5.82 Å². The second-order valence-electron chi connectivity index (χ2n) is 11.0. The van der Waals surface area contributed by atoms with E-state index in [1.54, 1.807) is 6.33 Å². The van der Waals surface area contributed by atoms with Gasteiger partial charge in [0.25, 0.3) is 0 Å². The highest BCUT2D eigenvalue weighted by Gasteiger charge is 2.35. The number of amides is 1. The van der Waals surface area contributed by atoms with Gasteiger partial charge in [-0.15, -0.1) is 0 Å².